The van der Waals surface area contributed by atoms with Gasteiger partial charge < -0.3 is 20.3 Å². The number of piperidine rings is 1. The summed E-state index contributed by atoms with van der Waals surface area (Å²) in [6.07, 6.45) is 8.64. The second kappa shape index (κ2) is 13.2. The topological polar surface area (TPSA) is 69.2 Å². The Kier molecular flexibility index (Phi) is 11.3. The van der Waals surface area contributed by atoms with E-state index in [9.17, 15) is 4.79 Å². The van der Waals surface area contributed by atoms with Crippen LogP contribution in [-0.2, 0) is 9.53 Å². The summed E-state index contributed by atoms with van der Waals surface area (Å²) in [7, 11) is 1.85. The Morgan fingerprint density at radius 3 is 2.26 bits per heavy atom. The Labute approximate surface area is 206 Å². The van der Waals surface area contributed by atoms with Gasteiger partial charge in [0.2, 0.25) is 5.91 Å². The lowest BCUT2D eigenvalue weighted by Crippen LogP contribution is -2.59. The van der Waals surface area contributed by atoms with E-state index in [0.717, 1.165) is 77.3 Å². The van der Waals surface area contributed by atoms with E-state index in [1.165, 1.54) is 25.9 Å². The summed E-state index contributed by atoms with van der Waals surface area (Å²) in [5, 5.41) is 7.26. The molecular formula is C23H44IN5O2. The van der Waals surface area contributed by atoms with Gasteiger partial charge in [0.15, 0.2) is 5.96 Å². The van der Waals surface area contributed by atoms with E-state index in [1.807, 2.05) is 7.05 Å². The number of likely N-dealkylation sites (tertiary alicyclic amines) is 2. The van der Waals surface area contributed by atoms with E-state index >= 15 is 0 Å². The molecule has 7 nitrogen and oxygen atoms in total. The number of nitrogens with one attached hydrogen (secondary N) is 2. The van der Waals surface area contributed by atoms with Gasteiger partial charge in [0.05, 0.1) is 0 Å². The predicted molar refractivity (Wildman–Crippen MR) is 137 cm³/mol. The summed E-state index contributed by atoms with van der Waals surface area (Å²) in [4.78, 5) is 21.9. The summed E-state index contributed by atoms with van der Waals surface area (Å²) < 4.78 is 5.67. The summed E-state index contributed by atoms with van der Waals surface area (Å²) in [6.45, 7) is 11.0. The second-order valence-electron chi connectivity index (χ2n) is 9.21. The maximum Gasteiger partial charge on any atom is 0.225 e. The molecule has 0 bridgehead atoms. The van der Waals surface area contributed by atoms with E-state index in [0.29, 0.717) is 11.9 Å². The number of hydrogen-bond donors (Lipinski definition) is 2. The lowest BCUT2D eigenvalue weighted by molar-refractivity contribution is -0.136. The largest absolute Gasteiger partial charge is 0.381 e. The third kappa shape index (κ3) is 6.93. The van der Waals surface area contributed by atoms with Crippen LogP contribution in [0, 0.1) is 5.92 Å². The molecule has 0 spiro atoms. The van der Waals surface area contributed by atoms with Crippen LogP contribution in [0.5, 0.6) is 0 Å². The number of hydrogen-bond acceptors (Lipinski definition) is 4. The average Bonchev–Trinajstić information content (AvgIpc) is 3.34. The van der Waals surface area contributed by atoms with Crippen LogP contribution in [0.15, 0.2) is 4.99 Å². The van der Waals surface area contributed by atoms with Crippen LogP contribution in [0.2, 0.25) is 0 Å². The van der Waals surface area contributed by atoms with Gasteiger partial charge in [0.25, 0.3) is 0 Å². The minimum Gasteiger partial charge on any atom is -0.381 e. The first-order valence-electron chi connectivity index (χ1n) is 12.2. The quantitative estimate of drug-likeness (QED) is 0.291. The fraction of sp³-hybridized carbons (Fsp3) is 0.913. The molecular weight excluding hydrogens is 505 g/mol. The molecule has 3 aliphatic rings. The number of amides is 1. The molecule has 0 radical (unpaired) electrons. The van der Waals surface area contributed by atoms with E-state index in [2.05, 4.69) is 39.3 Å². The lowest BCUT2D eigenvalue weighted by Gasteiger charge is -2.45. The third-order valence-electron chi connectivity index (χ3n) is 7.49. The molecule has 180 valence electrons. The number of nitrogens with zero attached hydrogens (tertiary/aromatic N) is 3. The van der Waals surface area contributed by atoms with E-state index in [4.69, 9.17) is 4.74 Å². The van der Waals surface area contributed by atoms with Crippen molar-refractivity contribution in [3.8, 4) is 0 Å². The molecule has 3 heterocycles. The molecule has 3 rings (SSSR count). The normalized spacial score (nSPS) is 23.0. The van der Waals surface area contributed by atoms with Crippen LogP contribution < -0.4 is 10.6 Å². The first-order chi connectivity index (χ1) is 14.6. The molecule has 0 aromatic heterocycles. The molecule has 31 heavy (non-hydrogen) atoms. The molecule has 3 aliphatic heterocycles. The second-order valence-corrected chi connectivity index (χ2v) is 9.21. The maximum absolute atomic E-state index is 12.6. The van der Waals surface area contributed by atoms with Gasteiger partial charge in [-0.2, -0.15) is 0 Å². The van der Waals surface area contributed by atoms with Crippen molar-refractivity contribution in [2.24, 2.45) is 10.9 Å². The smallest absolute Gasteiger partial charge is 0.225 e. The Morgan fingerprint density at radius 2 is 1.71 bits per heavy atom. The molecule has 3 fully saturated rings. The molecule has 0 aromatic rings. The molecule has 0 saturated carbocycles. The van der Waals surface area contributed by atoms with Crippen molar-refractivity contribution in [1.82, 2.24) is 20.4 Å². The van der Waals surface area contributed by atoms with Crippen molar-refractivity contribution >= 4 is 35.8 Å². The first kappa shape index (κ1) is 26.6. The minimum absolute atomic E-state index is 0. The highest BCUT2D eigenvalue weighted by Gasteiger charge is 2.39. The lowest BCUT2D eigenvalue weighted by atomic mass is 9.88. The minimum atomic E-state index is 0. The van der Waals surface area contributed by atoms with Gasteiger partial charge in [-0.3, -0.25) is 14.7 Å². The van der Waals surface area contributed by atoms with Crippen LogP contribution in [0.4, 0.5) is 0 Å². The monoisotopic (exact) mass is 549 g/mol. The van der Waals surface area contributed by atoms with Gasteiger partial charge in [0, 0.05) is 57.4 Å². The summed E-state index contributed by atoms with van der Waals surface area (Å²) in [6, 6.07) is 0.374. The van der Waals surface area contributed by atoms with Crippen molar-refractivity contribution < 1.29 is 9.53 Å². The molecule has 0 aliphatic carbocycles. The Morgan fingerprint density at radius 1 is 1.10 bits per heavy atom. The summed E-state index contributed by atoms with van der Waals surface area (Å²) >= 11 is 0. The zero-order valence-corrected chi connectivity index (χ0v) is 22.2. The SMILES string of the molecule is CCC(CC)C(=O)N1CCC(NC(=NC)NCC2(N3CCCC3)CCOCC2)CC1.I. The van der Waals surface area contributed by atoms with Gasteiger partial charge >= 0.3 is 0 Å². The van der Waals surface area contributed by atoms with Crippen LogP contribution in [0.1, 0.15) is 65.2 Å². The number of ether oxygens (including phenoxy) is 1. The Balaban J connectivity index is 0.00000341. The van der Waals surface area contributed by atoms with Crippen molar-refractivity contribution in [3.63, 3.8) is 0 Å². The maximum atomic E-state index is 12.6. The number of rotatable bonds is 7. The van der Waals surface area contributed by atoms with Gasteiger partial charge in [-0.15, -0.1) is 24.0 Å². The highest BCUT2D eigenvalue weighted by Crippen LogP contribution is 2.30. The van der Waals surface area contributed by atoms with E-state index < -0.39 is 0 Å². The molecule has 8 heteroatoms. The highest BCUT2D eigenvalue weighted by molar-refractivity contribution is 14.0. The van der Waals surface area contributed by atoms with Gasteiger partial charge in [-0.25, -0.2) is 0 Å². The number of carbonyl (C=O) groups is 1. The van der Waals surface area contributed by atoms with Crippen molar-refractivity contribution in [2.75, 3.05) is 53.0 Å². The van der Waals surface area contributed by atoms with Crippen LogP contribution >= 0.6 is 24.0 Å². The molecule has 3 saturated heterocycles. The van der Waals surface area contributed by atoms with Crippen molar-refractivity contribution in [3.05, 3.63) is 0 Å². The van der Waals surface area contributed by atoms with Gasteiger partial charge in [-0.1, -0.05) is 13.8 Å². The van der Waals surface area contributed by atoms with E-state index in [-0.39, 0.29) is 35.4 Å². The third-order valence-corrected chi connectivity index (χ3v) is 7.49. The number of halogens is 1. The fourth-order valence-electron chi connectivity index (χ4n) is 5.32. The zero-order valence-electron chi connectivity index (χ0n) is 19.8. The van der Waals surface area contributed by atoms with Crippen LogP contribution in [0.3, 0.4) is 0 Å². The predicted octanol–water partition coefficient (Wildman–Crippen LogP) is 2.84. The molecule has 0 aromatic carbocycles. The number of carbonyl (C=O) groups excluding carboxylic acids is 1. The Hall–Kier alpha value is -0.610. The van der Waals surface area contributed by atoms with E-state index in [1.54, 1.807) is 0 Å². The highest BCUT2D eigenvalue weighted by atomic mass is 127. The van der Waals surface area contributed by atoms with Crippen LogP contribution in [-0.4, -0.2) is 86.2 Å². The molecule has 0 unspecified atom stereocenters. The van der Waals surface area contributed by atoms with Gasteiger partial charge in [-0.05, 0) is 64.5 Å². The fourth-order valence-corrected chi connectivity index (χ4v) is 5.32. The van der Waals surface area contributed by atoms with Crippen molar-refractivity contribution in [1.29, 1.82) is 0 Å². The molecule has 0 atom stereocenters. The number of aliphatic imine (C=N–C) groups is 1. The molecule has 2 N–H and O–H groups in total. The molecule has 1 amide bonds. The van der Waals surface area contributed by atoms with Crippen molar-refractivity contribution in [2.45, 2.75) is 76.8 Å². The van der Waals surface area contributed by atoms with Crippen LogP contribution in [0.25, 0.3) is 0 Å². The van der Waals surface area contributed by atoms with Gasteiger partial charge in [0.1, 0.15) is 0 Å². The average molecular weight is 550 g/mol. The standard InChI is InChI=1S/C23H43N5O2.HI/c1-4-19(5-2)21(29)27-14-8-20(9-15-27)26-22(24-3)25-18-23(10-16-30-17-11-23)28-12-6-7-13-28;/h19-20H,4-18H2,1-3H3,(H2,24,25,26);1H. The number of guanidine groups is 1. The summed E-state index contributed by atoms with van der Waals surface area (Å²) in [5.41, 5.74) is 0.192. The Bertz CT molecular complexity index is 564. The first-order valence-corrected chi connectivity index (χ1v) is 12.2. The summed E-state index contributed by atoms with van der Waals surface area (Å²) in [5.74, 6) is 1.42. The zero-order chi connectivity index (χ0) is 21.4.